The van der Waals surface area contributed by atoms with Crippen molar-refractivity contribution in [1.82, 2.24) is 4.98 Å². The van der Waals surface area contributed by atoms with Crippen molar-refractivity contribution >= 4 is 11.5 Å². The Hall–Kier alpha value is -2.42. The van der Waals surface area contributed by atoms with Crippen LogP contribution in [0.15, 0.2) is 54.5 Å². The minimum Gasteiger partial charge on any atom is -0.359 e. The van der Waals surface area contributed by atoms with E-state index in [1.807, 2.05) is 20.8 Å². The zero-order valence-corrected chi connectivity index (χ0v) is 12.0. The highest BCUT2D eigenvalue weighted by Crippen LogP contribution is 2.18. The number of anilines is 1. The number of allylic oxidation sites excluding steroid dienone is 2. The van der Waals surface area contributed by atoms with Crippen LogP contribution >= 0.6 is 0 Å². The molecule has 102 valence electrons. The number of carbonyl (C=O) groups excluding carboxylic acids is 1. The number of nitrogens with zero attached hydrogens (tertiary/aromatic N) is 1. The monoisotopic (exact) mass is 266 g/mol. The second kappa shape index (κ2) is 6.15. The molecule has 3 heteroatoms. The molecule has 0 atom stereocenters. The molecule has 0 aliphatic rings. The molecule has 2 rings (SSSR count). The van der Waals surface area contributed by atoms with Gasteiger partial charge in [0.05, 0.1) is 0 Å². The first-order valence-corrected chi connectivity index (χ1v) is 6.53. The largest absolute Gasteiger partial charge is 0.359 e. The molecule has 0 aliphatic carbocycles. The van der Waals surface area contributed by atoms with Crippen LogP contribution in [0.2, 0.25) is 0 Å². The summed E-state index contributed by atoms with van der Waals surface area (Å²) in [5.41, 5.74) is 4.77. The van der Waals surface area contributed by atoms with E-state index in [1.165, 1.54) is 5.56 Å². The summed E-state index contributed by atoms with van der Waals surface area (Å²) in [6, 6.07) is 9.72. The molecule has 0 amide bonds. The number of rotatable bonds is 4. The lowest BCUT2D eigenvalue weighted by atomic mass is 10.1. The number of hydrogen-bond donors (Lipinski definition) is 1. The van der Waals surface area contributed by atoms with Crippen LogP contribution in [0.25, 0.3) is 0 Å². The van der Waals surface area contributed by atoms with Crippen molar-refractivity contribution in [2.45, 2.75) is 20.8 Å². The van der Waals surface area contributed by atoms with Crippen LogP contribution in [0.3, 0.4) is 0 Å². The van der Waals surface area contributed by atoms with Gasteiger partial charge in [-0.3, -0.25) is 9.78 Å². The van der Waals surface area contributed by atoms with Crippen LogP contribution < -0.4 is 5.32 Å². The Balaban J connectivity index is 2.15. The smallest absolute Gasteiger partial charge is 0.189 e. The van der Waals surface area contributed by atoms with Gasteiger partial charge >= 0.3 is 0 Å². The lowest BCUT2D eigenvalue weighted by Gasteiger charge is -2.10. The van der Waals surface area contributed by atoms with Crippen molar-refractivity contribution in [2.75, 3.05) is 5.32 Å². The normalized spacial score (nSPS) is 11.2. The van der Waals surface area contributed by atoms with Gasteiger partial charge in [0.1, 0.15) is 0 Å². The summed E-state index contributed by atoms with van der Waals surface area (Å²) in [6.45, 7) is 5.97. The second-order valence-corrected chi connectivity index (χ2v) is 4.88. The molecule has 0 aliphatic heterocycles. The molecule has 0 fully saturated rings. The molecule has 1 heterocycles. The fraction of sp³-hybridized carbons (Fsp3) is 0.176. The Morgan fingerprint density at radius 2 is 2.05 bits per heavy atom. The van der Waals surface area contributed by atoms with Gasteiger partial charge in [0.25, 0.3) is 0 Å². The summed E-state index contributed by atoms with van der Waals surface area (Å²) in [4.78, 5) is 16.0. The third-order valence-electron chi connectivity index (χ3n) is 3.02. The summed E-state index contributed by atoms with van der Waals surface area (Å²) < 4.78 is 0. The van der Waals surface area contributed by atoms with E-state index in [0.29, 0.717) is 5.56 Å². The number of aromatic nitrogens is 1. The molecule has 0 saturated heterocycles. The van der Waals surface area contributed by atoms with Gasteiger partial charge in [-0.1, -0.05) is 12.1 Å². The van der Waals surface area contributed by atoms with Gasteiger partial charge < -0.3 is 5.32 Å². The summed E-state index contributed by atoms with van der Waals surface area (Å²) in [5.74, 6) is -0.0478. The summed E-state index contributed by atoms with van der Waals surface area (Å²) in [6.07, 6.45) is 4.82. The van der Waals surface area contributed by atoms with E-state index in [4.69, 9.17) is 0 Å². The molecule has 0 spiro atoms. The van der Waals surface area contributed by atoms with E-state index in [2.05, 4.69) is 28.5 Å². The van der Waals surface area contributed by atoms with Crippen molar-refractivity contribution in [3.63, 3.8) is 0 Å². The number of nitrogens with one attached hydrogen (secondary N) is 1. The second-order valence-electron chi connectivity index (χ2n) is 4.88. The first-order valence-electron chi connectivity index (χ1n) is 6.53. The van der Waals surface area contributed by atoms with Gasteiger partial charge in [-0.05, 0) is 50.1 Å². The zero-order chi connectivity index (χ0) is 14.5. The molecule has 0 radical (unpaired) electrons. The number of benzene rings is 1. The maximum Gasteiger partial charge on any atom is 0.189 e. The first kappa shape index (κ1) is 14.0. The van der Waals surface area contributed by atoms with Crippen molar-refractivity contribution < 1.29 is 4.79 Å². The first-order chi connectivity index (χ1) is 9.56. The predicted molar refractivity (Wildman–Crippen MR) is 81.9 cm³/mol. The Morgan fingerprint density at radius 1 is 1.25 bits per heavy atom. The number of carbonyl (C=O) groups is 1. The Kier molecular flexibility index (Phi) is 4.31. The maximum absolute atomic E-state index is 12.0. The Bertz CT molecular complexity index is 645. The molecule has 1 aromatic heterocycles. The fourth-order valence-electron chi connectivity index (χ4n) is 1.91. The SMILES string of the molecule is CC(=CC(=O)c1cccnc1)Nc1cc(C)ccc1C. The summed E-state index contributed by atoms with van der Waals surface area (Å²) in [5, 5.41) is 3.27. The summed E-state index contributed by atoms with van der Waals surface area (Å²) >= 11 is 0. The highest BCUT2D eigenvalue weighted by molar-refractivity contribution is 6.04. The van der Waals surface area contributed by atoms with Crippen molar-refractivity contribution in [3.05, 3.63) is 71.2 Å². The van der Waals surface area contributed by atoms with E-state index in [9.17, 15) is 4.79 Å². The van der Waals surface area contributed by atoms with E-state index in [-0.39, 0.29) is 5.78 Å². The third-order valence-corrected chi connectivity index (χ3v) is 3.02. The lowest BCUT2D eigenvalue weighted by Crippen LogP contribution is -2.03. The van der Waals surface area contributed by atoms with Crippen LogP contribution in [0.4, 0.5) is 5.69 Å². The highest BCUT2D eigenvalue weighted by atomic mass is 16.1. The minimum atomic E-state index is -0.0478. The van der Waals surface area contributed by atoms with Crippen molar-refractivity contribution in [3.8, 4) is 0 Å². The van der Waals surface area contributed by atoms with E-state index >= 15 is 0 Å². The van der Waals surface area contributed by atoms with Gasteiger partial charge in [-0.15, -0.1) is 0 Å². The Morgan fingerprint density at radius 3 is 2.75 bits per heavy atom. The highest BCUT2D eigenvalue weighted by Gasteiger charge is 2.04. The van der Waals surface area contributed by atoms with Gasteiger partial charge in [-0.2, -0.15) is 0 Å². The molecule has 1 N–H and O–H groups in total. The Labute approximate surface area is 119 Å². The number of hydrogen-bond acceptors (Lipinski definition) is 3. The average molecular weight is 266 g/mol. The molecular formula is C17H18N2O. The molecule has 0 unspecified atom stereocenters. The topological polar surface area (TPSA) is 42.0 Å². The molecule has 2 aromatic rings. The predicted octanol–water partition coefficient (Wildman–Crippen LogP) is 3.90. The van der Waals surface area contributed by atoms with Crippen molar-refractivity contribution in [1.29, 1.82) is 0 Å². The standard InChI is InChI=1S/C17H18N2O/c1-12-6-7-13(2)16(9-12)19-14(3)10-17(20)15-5-4-8-18-11-15/h4-11,19H,1-3H3. The average Bonchev–Trinajstić information content (AvgIpc) is 2.43. The number of aryl methyl sites for hydroxylation is 2. The molecule has 0 saturated carbocycles. The van der Waals surface area contributed by atoms with Gasteiger partial charge in [0, 0.05) is 35.4 Å². The number of ketones is 1. The summed E-state index contributed by atoms with van der Waals surface area (Å²) in [7, 11) is 0. The van der Waals surface area contributed by atoms with Crippen LogP contribution in [0.1, 0.15) is 28.4 Å². The van der Waals surface area contributed by atoms with E-state index in [0.717, 1.165) is 16.9 Å². The molecule has 20 heavy (non-hydrogen) atoms. The minimum absolute atomic E-state index is 0.0478. The van der Waals surface area contributed by atoms with Crippen LogP contribution in [-0.2, 0) is 0 Å². The van der Waals surface area contributed by atoms with E-state index in [1.54, 1.807) is 30.6 Å². The molecule has 1 aromatic carbocycles. The quantitative estimate of drug-likeness (QED) is 0.674. The molecule has 0 bridgehead atoms. The molecule has 3 nitrogen and oxygen atoms in total. The fourth-order valence-corrected chi connectivity index (χ4v) is 1.91. The van der Waals surface area contributed by atoms with Crippen LogP contribution in [0.5, 0.6) is 0 Å². The molecular weight excluding hydrogens is 248 g/mol. The zero-order valence-electron chi connectivity index (χ0n) is 12.0. The van der Waals surface area contributed by atoms with Gasteiger partial charge in [0.2, 0.25) is 0 Å². The van der Waals surface area contributed by atoms with Crippen molar-refractivity contribution in [2.24, 2.45) is 0 Å². The van der Waals surface area contributed by atoms with Crippen LogP contribution in [0, 0.1) is 13.8 Å². The van der Waals surface area contributed by atoms with Gasteiger partial charge in [0.15, 0.2) is 5.78 Å². The third kappa shape index (κ3) is 3.54. The van der Waals surface area contributed by atoms with E-state index < -0.39 is 0 Å². The van der Waals surface area contributed by atoms with Crippen LogP contribution in [-0.4, -0.2) is 10.8 Å². The lowest BCUT2D eigenvalue weighted by molar-refractivity contribution is 0.104. The van der Waals surface area contributed by atoms with Gasteiger partial charge in [-0.25, -0.2) is 0 Å². The maximum atomic E-state index is 12.0. The number of pyridine rings is 1.